The Morgan fingerprint density at radius 3 is 3.06 bits per heavy atom. The van der Waals surface area contributed by atoms with Gasteiger partial charge in [0, 0.05) is 13.1 Å². The highest BCUT2D eigenvalue weighted by molar-refractivity contribution is 5.26. The van der Waals surface area contributed by atoms with Crippen LogP contribution in [0.3, 0.4) is 0 Å². The summed E-state index contributed by atoms with van der Waals surface area (Å²) >= 11 is 0. The van der Waals surface area contributed by atoms with Crippen molar-refractivity contribution in [2.75, 3.05) is 13.1 Å². The third-order valence-electron chi connectivity index (χ3n) is 3.19. The van der Waals surface area contributed by atoms with E-state index in [-0.39, 0.29) is 11.9 Å². The summed E-state index contributed by atoms with van der Waals surface area (Å²) in [5.41, 5.74) is 2.13. The Morgan fingerprint density at radius 1 is 1.50 bits per heavy atom. The second-order valence-corrected chi connectivity index (χ2v) is 4.60. The fourth-order valence-electron chi connectivity index (χ4n) is 2.23. The summed E-state index contributed by atoms with van der Waals surface area (Å²) in [5.74, 6) is -0.182. The second kappa shape index (κ2) is 4.93. The van der Waals surface area contributed by atoms with Gasteiger partial charge in [-0.1, -0.05) is 6.07 Å². The SMILES string of the molecule is Cc1ccc(F)cc1CN1CCC[C@@H](O)C1. The van der Waals surface area contributed by atoms with Gasteiger partial charge >= 0.3 is 0 Å². The standard InChI is InChI=1S/C13H18FNO/c1-10-4-5-12(14)7-11(10)8-15-6-2-3-13(16)9-15/h4-5,7,13,16H,2-3,6,8-9H2,1H3/t13-/m1/s1. The topological polar surface area (TPSA) is 23.5 Å². The van der Waals surface area contributed by atoms with E-state index >= 15 is 0 Å². The van der Waals surface area contributed by atoms with Gasteiger partial charge in [-0.2, -0.15) is 0 Å². The van der Waals surface area contributed by atoms with Gasteiger partial charge in [-0.15, -0.1) is 0 Å². The van der Waals surface area contributed by atoms with Crippen LogP contribution in [0.2, 0.25) is 0 Å². The number of likely N-dealkylation sites (tertiary alicyclic amines) is 1. The van der Waals surface area contributed by atoms with E-state index in [1.165, 1.54) is 6.07 Å². The molecular weight excluding hydrogens is 205 g/mol. The largest absolute Gasteiger partial charge is 0.392 e. The molecule has 3 heteroatoms. The van der Waals surface area contributed by atoms with Gasteiger partial charge < -0.3 is 5.11 Å². The molecule has 1 N–H and O–H groups in total. The van der Waals surface area contributed by atoms with E-state index < -0.39 is 0 Å². The van der Waals surface area contributed by atoms with E-state index in [1.54, 1.807) is 6.07 Å². The van der Waals surface area contributed by atoms with Crippen molar-refractivity contribution in [3.8, 4) is 0 Å². The molecule has 0 unspecified atom stereocenters. The van der Waals surface area contributed by atoms with Gasteiger partial charge in [-0.25, -0.2) is 4.39 Å². The number of aliphatic hydroxyl groups is 1. The first-order chi connectivity index (χ1) is 7.65. The molecule has 1 saturated heterocycles. The zero-order valence-corrected chi connectivity index (χ0v) is 9.62. The van der Waals surface area contributed by atoms with Crippen LogP contribution in [0.4, 0.5) is 4.39 Å². The summed E-state index contributed by atoms with van der Waals surface area (Å²) in [6.07, 6.45) is 1.69. The molecule has 0 bridgehead atoms. The molecule has 2 nitrogen and oxygen atoms in total. The first-order valence-corrected chi connectivity index (χ1v) is 5.80. The fraction of sp³-hybridized carbons (Fsp3) is 0.538. The minimum atomic E-state index is -0.220. The molecule has 1 fully saturated rings. The molecule has 0 spiro atoms. The summed E-state index contributed by atoms with van der Waals surface area (Å²) in [4.78, 5) is 2.19. The molecule has 16 heavy (non-hydrogen) atoms. The van der Waals surface area contributed by atoms with Crippen molar-refractivity contribution in [2.45, 2.75) is 32.4 Å². The number of benzene rings is 1. The quantitative estimate of drug-likeness (QED) is 0.830. The van der Waals surface area contributed by atoms with Gasteiger partial charge in [-0.05, 0) is 49.6 Å². The number of aryl methyl sites for hydroxylation is 1. The second-order valence-electron chi connectivity index (χ2n) is 4.60. The van der Waals surface area contributed by atoms with E-state index in [0.29, 0.717) is 6.54 Å². The zero-order chi connectivity index (χ0) is 11.5. The smallest absolute Gasteiger partial charge is 0.123 e. The van der Waals surface area contributed by atoms with Crippen molar-refractivity contribution < 1.29 is 9.50 Å². The van der Waals surface area contributed by atoms with Gasteiger partial charge in [-0.3, -0.25) is 4.90 Å². The number of rotatable bonds is 2. The Balaban J connectivity index is 2.05. The number of hydrogen-bond acceptors (Lipinski definition) is 2. The van der Waals surface area contributed by atoms with Crippen molar-refractivity contribution >= 4 is 0 Å². The van der Waals surface area contributed by atoms with Crippen molar-refractivity contribution in [3.05, 3.63) is 35.1 Å². The van der Waals surface area contributed by atoms with E-state index in [4.69, 9.17) is 0 Å². The highest BCUT2D eigenvalue weighted by Gasteiger charge is 2.18. The van der Waals surface area contributed by atoms with Crippen LogP contribution >= 0.6 is 0 Å². The van der Waals surface area contributed by atoms with Crippen LogP contribution in [0, 0.1) is 12.7 Å². The maximum Gasteiger partial charge on any atom is 0.123 e. The maximum atomic E-state index is 13.1. The molecule has 88 valence electrons. The van der Waals surface area contributed by atoms with E-state index in [2.05, 4.69) is 4.90 Å². The molecule has 1 heterocycles. The predicted octanol–water partition coefficient (Wildman–Crippen LogP) is 2.09. The van der Waals surface area contributed by atoms with Gasteiger partial charge in [0.2, 0.25) is 0 Å². The van der Waals surface area contributed by atoms with E-state index in [1.807, 2.05) is 13.0 Å². The number of aliphatic hydroxyl groups excluding tert-OH is 1. The van der Waals surface area contributed by atoms with Crippen molar-refractivity contribution in [2.24, 2.45) is 0 Å². The average molecular weight is 223 g/mol. The van der Waals surface area contributed by atoms with Gasteiger partial charge in [0.1, 0.15) is 5.82 Å². The van der Waals surface area contributed by atoms with Crippen LogP contribution in [0.5, 0.6) is 0 Å². The van der Waals surface area contributed by atoms with Crippen molar-refractivity contribution in [1.29, 1.82) is 0 Å². The molecule has 0 saturated carbocycles. The number of halogens is 1. The zero-order valence-electron chi connectivity index (χ0n) is 9.62. The molecule has 1 aliphatic rings. The van der Waals surface area contributed by atoms with Gasteiger partial charge in [0.15, 0.2) is 0 Å². The van der Waals surface area contributed by atoms with E-state index in [0.717, 1.165) is 37.1 Å². The average Bonchev–Trinajstić information content (AvgIpc) is 2.24. The molecule has 0 amide bonds. The van der Waals surface area contributed by atoms with Crippen LogP contribution in [0.1, 0.15) is 24.0 Å². The molecule has 0 aromatic heterocycles. The highest BCUT2D eigenvalue weighted by Crippen LogP contribution is 2.16. The number of hydrogen-bond donors (Lipinski definition) is 1. The monoisotopic (exact) mass is 223 g/mol. The Bertz CT molecular complexity index is 367. The Hall–Kier alpha value is -0.930. The number of β-amino-alcohol motifs (C(OH)–C–C–N with tert-alkyl or cyclic N) is 1. The third kappa shape index (κ3) is 2.80. The first-order valence-electron chi connectivity index (χ1n) is 5.80. The third-order valence-corrected chi connectivity index (χ3v) is 3.19. The molecule has 0 radical (unpaired) electrons. The highest BCUT2D eigenvalue weighted by atomic mass is 19.1. The lowest BCUT2D eigenvalue weighted by Crippen LogP contribution is -2.37. The minimum Gasteiger partial charge on any atom is -0.392 e. The summed E-state index contributed by atoms with van der Waals surface area (Å²) in [7, 11) is 0. The van der Waals surface area contributed by atoms with E-state index in [9.17, 15) is 9.50 Å². The summed E-state index contributed by atoms with van der Waals surface area (Å²) in [6.45, 7) is 4.43. The van der Waals surface area contributed by atoms with Crippen LogP contribution in [0.15, 0.2) is 18.2 Å². The van der Waals surface area contributed by atoms with Crippen LogP contribution in [0.25, 0.3) is 0 Å². The molecule has 1 atom stereocenters. The summed E-state index contributed by atoms with van der Waals surface area (Å²) in [5, 5.41) is 9.57. The number of piperidine rings is 1. The van der Waals surface area contributed by atoms with Gasteiger partial charge in [0.05, 0.1) is 6.10 Å². The van der Waals surface area contributed by atoms with Gasteiger partial charge in [0.25, 0.3) is 0 Å². The normalized spacial score (nSPS) is 22.3. The molecule has 1 aromatic rings. The Kier molecular flexibility index (Phi) is 3.56. The fourth-order valence-corrected chi connectivity index (χ4v) is 2.23. The minimum absolute atomic E-state index is 0.182. The predicted molar refractivity (Wildman–Crippen MR) is 61.7 cm³/mol. The summed E-state index contributed by atoms with van der Waals surface area (Å²) < 4.78 is 13.1. The molecular formula is C13H18FNO. The van der Waals surface area contributed by atoms with Crippen LogP contribution < -0.4 is 0 Å². The lowest BCUT2D eigenvalue weighted by Gasteiger charge is -2.30. The lowest BCUT2D eigenvalue weighted by atomic mass is 10.0. The van der Waals surface area contributed by atoms with Crippen molar-refractivity contribution in [1.82, 2.24) is 4.90 Å². The first kappa shape index (κ1) is 11.6. The molecule has 1 aliphatic heterocycles. The maximum absolute atomic E-state index is 13.1. The Morgan fingerprint density at radius 2 is 2.31 bits per heavy atom. The van der Waals surface area contributed by atoms with Crippen LogP contribution in [-0.2, 0) is 6.54 Å². The molecule has 1 aromatic carbocycles. The van der Waals surface area contributed by atoms with Crippen molar-refractivity contribution in [3.63, 3.8) is 0 Å². The van der Waals surface area contributed by atoms with Crippen LogP contribution in [-0.4, -0.2) is 29.2 Å². The molecule has 2 rings (SSSR count). The summed E-state index contributed by atoms with van der Waals surface area (Å²) in [6, 6.07) is 4.89. The molecule has 0 aliphatic carbocycles. The lowest BCUT2D eigenvalue weighted by molar-refractivity contribution is 0.0667. The number of nitrogens with zero attached hydrogens (tertiary/aromatic N) is 1. The Labute approximate surface area is 95.7 Å².